The number of nitrogens with zero attached hydrogens (tertiary/aromatic N) is 3. The Morgan fingerprint density at radius 1 is 1.31 bits per heavy atom. The summed E-state index contributed by atoms with van der Waals surface area (Å²) in [4.78, 5) is 20.8. The minimum Gasteiger partial charge on any atom is -0.493 e. The van der Waals surface area contributed by atoms with Crippen LogP contribution in [-0.2, 0) is 4.74 Å². The Kier molecular flexibility index (Phi) is 4.31. The number of carbonyl (C=O) groups excluding carboxylic acids is 1. The van der Waals surface area contributed by atoms with E-state index in [9.17, 15) is 9.18 Å². The SMILES string of the molecule is [2H]C([2H])(Oc1cc2ncnc(Nc3ccc(Br)cc3F)c2cc1C)C1([2H])C([2H])([2H])C([2H])([2H])N(C(=O)OC(C)(C)C)C([2H])([2H])C1([2H])[2H]. The minimum atomic E-state index is -4.00. The maximum atomic E-state index is 14.5. The standard InChI is InChI=1S/C26H30BrFN4O3/c1-16-11-19-22(29-15-30-24(19)31-21-6-5-18(27)12-20(21)28)13-23(16)34-14-17-7-9-32(10-8-17)25(33)35-26(2,3)4/h5-6,11-13,15,17H,7-10,14H2,1-4H3,(H,29,30,31)/i7D2,8D2,9D2,10D2,14D2,17D. The molecule has 186 valence electrons. The largest absolute Gasteiger partial charge is 0.493 e. The Balaban J connectivity index is 1.80. The molecule has 4 rings (SSSR count). The van der Waals surface area contributed by atoms with E-state index < -0.39 is 60.6 Å². The van der Waals surface area contributed by atoms with E-state index in [4.69, 9.17) is 24.6 Å². The Labute approximate surface area is 228 Å². The van der Waals surface area contributed by atoms with Gasteiger partial charge in [-0.1, -0.05) is 15.9 Å². The van der Waals surface area contributed by atoms with Gasteiger partial charge in [0, 0.05) is 41.3 Å². The fourth-order valence-electron chi connectivity index (χ4n) is 2.96. The first kappa shape index (κ1) is 14.6. The predicted molar refractivity (Wildman–Crippen MR) is 138 cm³/mol. The highest BCUT2D eigenvalue weighted by Crippen LogP contribution is 2.31. The van der Waals surface area contributed by atoms with Gasteiger partial charge in [0.25, 0.3) is 0 Å². The van der Waals surface area contributed by atoms with Crippen molar-refractivity contribution in [3.8, 4) is 5.75 Å². The van der Waals surface area contributed by atoms with Crippen LogP contribution in [0.5, 0.6) is 5.75 Å². The lowest BCUT2D eigenvalue weighted by molar-refractivity contribution is 0.0165. The van der Waals surface area contributed by atoms with Gasteiger partial charge in [-0.15, -0.1) is 0 Å². The molecule has 1 aliphatic rings. The Hall–Kier alpha value is -2.94. The number of anilines is 2. The van der Waals surface area contributed by atoms with Crippen LogP contribution in [0.2, 0.25) is 0 Å². The van der Waals surface area contributed by atoms with Gasteiger partial charge in [0.1, 0.15) is 29.3 Å². The van der Waals surface area contributed by atoms with Crippen molar-refractivity contribution >= 4 is 44.4 Å². The van der Waals surface area contributed by atoms with Gasteiger partial charge in [0.15, 0.2) is 0 Å². The lowest BCUT2D eigenvalue weighted by atomic mass is 9.98. The van der Waals surface area contributed by atoms with Crippen molar-refractivity contribution in [1.82, 2.24) is 14.9 Å². The van der Waals surface area contributed by atoms with Crippen molar-refractivity contribution < 1.29 is 33.7 Å². The summed E-state index contributed by atoms with van der Waals surface area (Å²) in [5.41, 5.74) is -0.983. The number of aryl methyl sites for hydroxylation is 1. The minimum absolute atomic E-state index is 0.0828. The molecule has 0 radical (unpaired) electrons. The zero-order chi connectivity index (χ0) is 35.1. The molecule has 2 aromatic carbocycles. The third kappa shape index (κ3) is 6.39. The maximum Gasteiger partial charge on any atom is 0.410 e. The Bertz CT molecular complexity index is 1680. The van der Waals surface area contributed by atoms with Gasteiger partial charge in [0.05, 0.1) is 20.5 Å². The molecule has 1 aliphatic heterocycles. The van der Waals surface area contributed by atoms with Gasteiger partial charge in [-0.2, -0.15) is 0 Å². The van der Waals surface area contributed by atoms with Crippen molar-refractivity contribution in [1.29, 1.82) is 0 Å². The number of ether oxygens (including phenoxy) is 2. The van der Waals surface area contributed by atoms with E-state index in [0.717, 1.165) is 6.33 Å². The number of hydrogen-bond acceptors (Lipinski definition) is 6. The van der Waals surface area contributed by atoms with E-state index in [1.54, 1.807) is 6.07 Å². The molecule has 9 heteroatoms. The molecule has 1 fully saturated rings. The summed E-state index contributed by atoms with van der Waals surface area (Å²) in [6.45, 7) is -5.91. The summed E-state index contributed by atoms with van der Waals surface area (Å²) < 4.78 is 120. The van der Waals surface area contributed by atoms with E-state index in [1.165, 1.54) is 52.0 Å². The number of nitrogens with one attached hydrogen (secondary N) is 1. The van der Waals surface area contributed by atoms with E-state index in [2.05, 4.69) is 31.2 Å². The van der Waals surface area contributed by atoms with Gasteiger partial charge in [0.2, 0.25) is 0 Å². The summed E-state index contributed by atoms with van der Waals surface area (Å²) in [6, 6.07) is 6.91. The molecule has 35 heavy (non-hydrogen) atoms. The molecule has 0 bridgehead atoms. The number of rotatable bonds is 5. The number of halogens is 2. The molecular formula is C26H30BrFN4O3. The van der Waals surface area contributed by atoms with Crippen molar-refractivity contribution in [2.24, 2.45) is 5.89 Å². The quantitative estimate of drug-likeness (QED) is 0.381. The van der Waals surface area contributed by atoms with E-state index in [-0.39, 0.29) is 28.3 Å². The highest BCUT2D eigenvalue weighted by atomic mass is 79.9. The topological polar surface area (TPSA) is 76.6 Å². The number of hydrogen-bond donors (Lipinski definition) is 1. The van der Waals surface area contributed by atoms with Crippen LogP contribution in [0, 0.1) is 18.6 Å². The zero-order valence-electron chi connectivity index (χ0n) is 30.3. The molecule has 0 spiro atoms. The molecule has 1 amide bonds. The monoisotopic (exact) mass is 555 g/mol. The summed E-state index contributed by atoms with van der Waals surface area (Å²) in [7, 11) is 0. The molecule has 1 N–H and O–H groups in total. The third-order valence-corrected chi connectivity index (χ3v) is 5.03. The number of carbonyl (C=O) groups is 1. The number of aromatic nitrogens is 2. The number of amides is 1. The molecule has 2 heterocycles. The van der Waals surface area contributed by atoms with Gasteiger partial charge >= 0.3 is 6.09 Å². The second kappa shape index (κ2) is 10.4. The normalized spacial score (nSPS) is 26.5. The summed E-state index contributed by atoms with van der Waals surface area (Å²) in [5.74, 6) is -4.81. The molecule has 0 saturated carbocycles. The third-order valence-electron chi connectivity index (χ3n) is 4.54. The Morgan fingerprint density at radius 3 is 2.74 bits per heavy atom. The van der Waals surface area contributed by atoms with Crippen LogP contribution in [0.3, 0.4) is 0 Å². The molecule has 0 aliphatic carbocycles. The van der Waals surface area contributed by atoms with Crippen molar-refractivity contribution in [3.63, 3.8) is 0 Å². The fourth-order valence-corrected chi connectivity index (χ4v) is 3.29. The molecule has 0 unspecified atom stereocenters. The number of benzene rings is 2. The average molecular weight is 557 g/mol. The van der Waals surface area contributed by atoms with Gasteiger partial charge in [-0.25, -0.2) is 19.2 Å². The molecule has 7 nitrogen and oxygen atoms in total. The molecule has 0 atom stereocenters. The van der Waals surface area contributed by atoms with Crippen LogP contribution in [0.4, 0.5) is 20.7 Å². The summed E-state index contributed by atoms with van der Waals surface area (Å²) >= 11 is 3.18. The van der Waals surface area contributed by atoms with Crippen LogP contribution < -0.4 is 10.1 Å². The van der Waals surface area contributed by atoms with E-state index in [0.29, 0.717) is 9.86 Å². The van der Waals surface area contributed by atoms with E-state index in [1.807, 2.05) is 0 Å². The second-order valence-electron chi connectivity index (χ2n) is 8.47. The van der Waals surface area contributed by atoms with Crippen LogP contribution in [-0.4, -0.2) is 46.1 Å². The van der Waals surface area contributed by atoms with Crippen LogP contribution in [0.25, 0.3) is 10.9 Å². The van der Waals surface area contributed by atoms with Gasteiger partial charge in [-0.3, -0.25) is 0 Å². The highest BCUT2D eigenvalue weighted by Gasteiger charge is 2.27. The number of fused-ring (bicyclic) bond motifs is 1. The van der Waals surface area contributed by atoms with Crippen LogP contribution in [0.1, 0.15) is 54.2 Å². The number of piperidine rings is 1. The highest BCUT2D eigenvalue weighted by molar-refractivity contribution is 9.10. The first-order chi connectivity index (χ1) is 20.7. The molecule has 1 saturated heterocycles. The van der Waals surface area contributed by atoms with Gasteiger partial charge < -0.3 is 19.7 Å². The Morgan fingerprint density at radius 2 is 2.06 bits per heavy atom. The summed E-state index contributed by atoms with van der Waals surface area (Å²) in [5, 5.41) is 3.16. The summed E-state index contributed by atoms with van der Waals surface area (Å²) in [6.07, 6.45) is -8.56. The smallest absolute Gasteiger partial charge is 0.410 e. The maximum absolute atomic E-state index is 14.5. The predicted octanol–water partition coefficient (Wildman–Crippen LogP) is 6.61. The molecule has 1 aromatic heterocycles. The van der Waals surface area contributed by atoms with Crippen molar-refractivity contribution in [2.75, 3.05) is 24.9 Å². The second-order valence-corrected chi connectivity index (χ2v) is 9.39. The first-order valence-electron chi connectivity index (χ1n) is 15.9. The van der Waals surface area contributed by atoms with Crippen LogP contribution in [0.15, 0.2) is 41.1 Å². The van der Waals surface area contributed by atoms with Crippen LogP contribution >= 0.6 is 15.9 Å². The molecular weight excluding hydrogens is 515 g/mol. The van der Waals surface area contributed by atoms with E-state index >= 15 is 0 Å². The lowest BCUT2D eigenvalue weighted by Crippen LogP contribution is -2.42. The first-order valence-corrected chi connectivity index (χ1v) is 11.2. The lowest BCUT2D eigenvalue weighted by Gasteiger charge is -2.33. The van der Waals surface area contributed by atoms with Crippen molar-refractivity contribution in [3.05, 3.63) is 52.5 Å². The van der Waals surface area contributed by atoms with Crippen molar-refractivity contribution in [2.45, 2.75) is 46.0 Å². The number of likely N-dealkylation sites (tertiary alicyclic amines) is 1. The molecule has 3 aromatic rings. The fraction of sp³-hybridized carbons (Fsp3) is 0.423. The van der Waals surface area contributed by atoms with Gasteiger partial charge in [-0.05, 0) is 76.2 Å². The average Bonchev–Trinajstić information content (AvgIpc) is 2.88. The zero-order valence-corrected chi connectivity index (χ0v) is 20.9.